The van der Waals surface area contributed by atoms with E-state index in [4.69, 9.17) is 16.3 Å². The molecule has 1 saturated heterocycles. The van der Waals surface area contributed by atoms with Crippen LogP contribution in [0.15, 0.2) is 53.4 Å². The van der Waals surface area contributed by atoms with Crippen LogP contribution in [0.4, 0.5) is 4.39 Å². The van der Waals surface area contributed by atoms with Gasteiger partial charge in [0, 0.05) is 37.4 Å². The van der Waals surface area contributed by atoms with Gasteiger partial charge in [0.2, 0.25) is 10.0 Å². The molecule has 156 valence electrons. The van der Waals surface area contributed by atoms with Gasteiger partial charge in [0.25, 0.3) is 5.91 Å². The standard InChI is InChI=1S/C20H22ClFN2O4S/c1-28-12-10-20(23-19(25)15-5-7-17(22)8-6-15)9-11-24(14-20)29(26,27)18-4-2-3-16(21)13-18/h2-8,13H,9-12,14H2,1H3,(H,23,25). The Hall–Kier alpha value is -2.00. The molecule has 1 aliphatic rings. The molecule has 6 nitrogen and oxygen atoms in total. The van der Waals surface area contributed by atoms with E-state index in [2.05, 4.69) is 5.32 Å². The average Bonchev–Trinajstić information content (AvgIpc) is 3.12. The molecule has 1 N–H and O–H groups in total. The van der Waals surface area contributed by atoms with E-state index >= 15 is 0 Å². The number of amides is 1. The smallest absolute Gasteiger partial charge is 0.251 e. The molecule has 0 aliphatic carbocycles. The van der Waals surface area contributed by atoms with Gasteiger partial charge in [-0.3, -0.25) is 4.79 Å². The molecule has 0 saturated carbocycles. The van der Waals surface area contributed by atoms with Gasteiger partial charge in [0.05, 0.1) is 10.4 Å². The fourth-order valence-electron chi connectivity index (χ4n) is 3.40. The van der Waals surface area contributed by atoms with Gasteiger partial charge < -0.3 is 10.1 Å². The quantitative estimate of drug-likeness (QED) is 0.717. The Kier molecular flexibility index (Phi) is 6.58. The molecule has 1 aliphatic heterocycles. The predicted octanol–water partition coefficient (Wildman–Crippen LogP) is 3.08. The second kappa shape index (κ2) is 8.79. The zero-order valence-corrected chi connectivity index (χ0v) is 17.5. The highest BCUT2D eigenvalue weighted by Gasteiger charge is 2.44. The average molecular weight is 441 g/mol. The second-order valence-corrected chi connectivity index (χ2v) is 9.40. The first kappa shape index (κ1) is 21.7. The Morgan fingerprint density at radius 2 is 2.00 bits per heavy atom. The first-order chi connectivity index (χ1) is 13.8. The van der Waals surface area contributed by atoms with E-state index in [0.29, 0.717) is 30.0 Å². The number of ether oxygens (including phenoxy) is 1. The van der Waals surface area contributed by atoms with Crippen LogP contribution in [0.25, 0.3) is 0 Å². The lowest BCUT2D eigenvalue weighted by Gasteiger charge is -2.30. The number of rotatable bonds is 7. The highest BCUT2D eigenvalue weighted by Crippen LogP contribution is 2.31. The lowest BCUT2D eigenvalue weighted by Crippen LogP contribution is -2.51. The minimum Gasteiger partial charge on any atom is -0.385 e. The third kappa shape index (κ3) is 4.95. The highest BCUT2D eigenvalue weighted by molar-refractivity contribution is 7.89. The number of sulfonamides is 1. The molecule has 1 unspecified atom stereocenters. The summed E-state index contributed by atoms with van der Waals surface area (Å²) in [6, 6.07) is 11.3. The number of methoxy groups -OCH3 is 1. The lowest BCUT2D eigenvalue weighted by atomic mass is 9.94. The topological polar surface area (TPSA) is 75.7 Å². The number of benzene rings is 2. The summed E-state index contributed by atoms with van der Waals surface area (Å²) in [6.45, 7) is 0.717. The Morgan fingerprint density at radius 3 is 2.66 bits per heavy atom. The molecule has 0 spiro atoms. The Balaban J connectivity index is 1.82. The molecule has 1 atom stereocenters. The summed E-state index contributed by atoms with van der Waals surface area (Å²) in [4.78, 5) is 12.8. The lowest BCUT2D eigenvalue weighted by molar-refractivity contribution is 0.0871. The largest absolute Gasteiger partial charge is 0.385 e. The van der Waals surface area contributed by atoms with Gasteiger partial charge in [-0.1, -0.05) is 17.7 Å². The number of nitrogens with zero attached hydrogens (tertiary/aromatic N) is 1. The highest BCUT2D eigenvalue weighted by atomic mass is 35.5. The van der Waals surface area contributed by atoms with E-state index in [0.717, 1.165) is 0 Å². The van der Waals surface area contributed by atoms with E-state index in [1.165, 1.54) is 40.7 Å². The minimum atomic E-state index is -3.76. The second-order valence-electron chi connectivity index (χ2n) is 7.03. The Bertz CT molecular complexity index is 984. The number of hydrogen-bond acceptors (Lipinski definition) is 4. The van der Waals surface area contributed by atoms with Crippen molar-refractivity contribution >= 4 is 27.5 Å². The third-order valence-electron chi connectivity index (χ3n) is 5.02. The first-order valence-corrected chi connectivity index (χ1v) is 10.9. The summed E-state index contributed by atoms with van der Waals surface area (Å²) in [6.07, 6.45) is 0.876. The minimum absolute atomic E-state index is 0.109. The van der Waals surface area contributed by atoms with E-state index < -0.39 is 21.4 Å². The summed E-state index contributed by atoms with van der Waals surface area (Å²) in [5.41, 5.74) is -0.480. The third-order valence-corrected chi connectivity index (χ3v) is 7.10. The van der Waals surface area contributed by atoms with Gasteiger partial charge in [-0.05, 0) is 55.3 Å². The van der Waals surface area contributed by atoms with Gasteiger partial charge in [0.15, 0.2) is 0 Å². The molecule has 2 aromatic rings. The van der Waals surface area contributed by atoms with Crippen molar-refractivity contribution < 1.29 is 22.3 Å². The van der Waals surface area contributed by atoms with Crippen LogP contribution in [0.3, 0.4) is 0 Å². The van der Waals surface area contributed by atoms with Crippen molar-refractivity contribution in [1.82, 2.24) is 9.62 Å². The van der Waals surface area contributed by atoms with Crippen LogP contribution in [-0.4, -0.2) is 51.0 Å². The number of hydrogen-bond donors (Lipinski definition) is 1. The molecule has 0 radical (unpaired) electrons. The maximum Gasteiger partial charge on any atom is 0.251 e. The number of halogens is 2. The van der Waals surface area contributed by atoms with Gasteiger partial charge in [-0.25, -0.2) is 12.8 Å². The zero-order chi connectivity index (χ0) is 21.1. The molecular weight excluding hydrogens is 419 g/mol. The summed E-state index contributed by atoms with van der Waals surface area (Å²) in [5.74, 6) is -0.821. The number of carbonyl (C=O) groups excluding carboxylic acids is 1. The van der Waals surface area contributed by atoms with Crippen LogP contribution in [0.5, 0.6) is 0 Å². The van der Waals surface area contributed by atoms with Gasteiger partial charge in [-0.15, -0.1) is 0 Å². The number of carbonyl (C=O) groups is 1. The molecule has 0 bridgehead atoms. The van der Waals surface area contributed by atoms with Crippen LogP contribution < -0.4 is 5.32 Å². The summed E-state index contributed by atoms with van der Waals surface area (Å²) in [5, 5.41) is 3.29. The number of nitrogens with one attached hydrogen (secondary N) is 1. The van der Waals surface area contributed by atoms with Crippen molar-refractivity contribution in [2.75, 3.05) is 26.8 Å². The predicted molar refractivity (Wildman–Crippen MR) is 108 cm³/mol. The monoisotopic (exact) mass is 440 g/mol. The van der Waals surface area contributed by atoms with Crippen molar-refractivity contribution in [2.45, 2.75) is 23.3 Å². The molecule has 2 aromatic carbocycles. The van der Waals surface area contributed by atoms with Crippen molar-refractivity contribution in [1.29, 1.82) is 0 Å². The van der Waals surface area contributed by atoms with Crippen LogP contribution in [-0.2, 0) is 14.8 Å². The first-order valence-electron chi connectivity index (χ1n) is 9.08. The fraction of sp³-hybridized carbons (Fsp3) is 0.350. The van der Waals surface area contributed by atoms with Crippen LogP contribution >= 0.6 is 11.6 Å². The molecule has 1 amide bonds. The molecule has 9 heteroatoms. The van der Waals surface area contributed by atoms with Gasteiger partial charge >= 0.3 is 0 Å². The van der Waals surface area contributed by atoms with E-state index in [1.54, 1.807) is 19.2 Å². The Morgan fingerprint density at radius 1 is 1.28 bits per heavy atom. The summed E-state index contributed by atoms with van der Waals surface area (Å²) >= 11 is 5.95. The van der Waals surface area contributed by atoms with Gasteiger partial charge in [-0.2, -0.15) is 4.31 Å². The Labute approximate surface area is 174 Å². The molecule has 3 rings (SSSR count). The summed E-state index contributed by atoms with van der Waals surface area (Å²) in [7, 11) is -2.21. The van der Waals surface area contributed by atoms with Crippen molar-refractivity contribution in [3.63, 3.8) is 0 Å². The van der Waals surface area contributed by atoms with Crippen molar-refractivity contribution in [3.8, 4) is 0 Å². The zero-order valence-electron chi connectivity index (χ0n) is 15.9. The van der Waals surface area contributed by atoms with Crippen molar-refractivity contribution in [3.05, 3.63) is 64.9 Å². The van der Waals surface area contributed by atoms with E-state index in [-0.39, 0.29) is 23.9 Å². The van der Waals surface area contributed by atoms with Crippen LogP contribution in [0.2, 0.25) is 5.02 Å². The normalized spacial score (nSPS) is 20.0. The van der Waals surface area contributed by atoms with E-state index in [1.807, 2.05) is 0 Å². The molecular formula is C20H22ClFN2O4S. The van der Waals surface area contributed by atoms with Crippen molar-refractivity contribution in [2.24, 2.45) is 0 Å². The van der Waals surface area contributed by atoms with Crippen LogP contribution in [0, 0.1) is 5.82 Å². The van der Waals surface area contributed by atoms with E-state index in [9.17, 15) is 17.6 Å². The molecule has 29 heavy (non-hydrogen) atoms. The van der Waals surface area contributed by atoms with Crippen LogP contribution in [0.1, 0.15) is 23.2 Å². The maximum absolute atomic E-state index is 13.1. The molecule has 1 heterocycles. The summed E-state index contributed by atoms with van der Waals surface area (Å²) < 4.78 is 45.7. The maximum atomic E-state index is 13.1. The molecule has 1 fully saturated rings. The van der Waals surface area contributed by atoms with Gasteiger partial charge in [0.1, 0.15) is 5.82 Å². The SMILES string of the molecule is COCCC1(NC(=O)c2ccc(F)cc2)CCN(S(=O)(=O)c2cccc(Cl)c2)C1. The molecule has 0 aromatic heterocycles. The fourth-order valence-corrected chi connectivity index (χ4v) is 5.22.